The van der Waals surface area contributed by atoms with Crippen molar-refractivity contribution in [2.75, 3.05) is 13.7 Å². The maximum atomic E-state index is 11.7. The van der Waals surface area contributed by atoms with Gasteiger partial charge in [-0.25, -0.2) is 0 Å². The molecule has 1 N–H and O–H groups in total. The van der Waals surface area contributed by atoms with Crippen LogP contribution < -0.4 is 14.8 Å². The fourth-order valence-electron chi connectivity index (χ4n) is 1.83. The van der Waals surface area contributed by atoms with Crippen LogP contribution in [0.15, 0.2) is 48.5 Å². The van der Waals surface area contributed by atoms with Crippen LogP contribution in [0.25, 0.3) is 0 Å². The highest BCUT2D eigenvalue weighted by Gasteiger charge is 2.08. The van der Waals surface area contributed by atoms with Gasteiger partial charge in [0.05, 0.1) is 18.1 Å². The first-order chi connectivity index (χ1) is 11.1. The molecule has 1 amide bonds. The Balaban J connectivity index is 1.80. The number of hydrogen-bond acceptors (Lipinski definition) is 5. The lowest BCUT2D eigenvalue weighted by molar-refractivity contribution is -0.384. The van der Waals surface area contributed by atoms with Crippen LogP contribution in [0.5, 0.6) is 11.5 Å². The van der Waals surface area contributed by atoms with Crippen LogP contribution in [-0.4, -0.2) is 24.5 Å². The molecule has 2 aromatic carbocycles. The van der Waals surface area contributed by atoms with Gasteiger partial charge in [-0.1, -0.05) is 18.2 Å². The first-order valence-corrected chi connectivity index (χ1v) is 6.85. The predicted octanol–water partition coefficient (Wildman–Crippen LogP) is 2.30. The van der Waals surface area contributed by atoms with E-state index in [1.807, 2.05) is 12.1 Å². The van der Waals surface area contributed by atoms with Gasteiger partial charge in [-0.3, -0.25) is 14.9 Å². The van der Waals surface area contributed by atoms with E-state index < -0.39 is 4.92 Å². The molecule has 0 heterocycles. The highest BCUT2D eigenvalue weighted by atomic mass is 16.6. The summed E-state index contributed by atoms with van der Waals surface area (Å²) in [4.78, 5) is 21.9. The number of hydrogen-bond donors (Lipinski definition) is 1. The number of nitrogens with zero attached hydrogens (tertiary/aromatic N) is 1. The Morgan fingerprint density at radius 1 is 1.17 bits per heavy atom. The Morgan fingerprint density at radius 3 is 2.57 bits per heavy atom. The number of rotatable bonds is 7. The fourth-order valence-corrected chi connectivity index (χ4v) is 1.83. The minimum atomic E-state index is -0.517. The van der Waals surface area contributed by atoms with E-state index in [4.69, 9.17) is 9.47 Å². The van der Waals surface area contributed by atoms with E-state index >= 15 is 0 Å². The number of nitro groups is 1. The molecule has 0 unspecified atom stereocenters. The Kier molecular flexibility index (Phi) is 5.51. The molecule has 2 aromatic rings. The molecule has 0 saturated carbocycles. The normalized spacial score (nSPS) is 9.96. The van der Waals surface area contributed by atoms with Crippen molar-refractivity contribution in [2.24, 2.45) is 0 Å². The van der Waals surface area contributed by atoms with E-state index in [9.17, 15) is 14.9 Å². The topological polar surface area (TPSA) is 90.7 Å². The summed E-state index contributed by atoms with van der Waals surface area (Å²) in [5, 5.41) is 13.4. The Bertz CT molecular complexity index is 685. The number of ether oxygens (including phenoxy) is 2. The number of nitrogens with one attached hydrogen (secondary N) is 1. The van der Waals surface area contributed by atoms with E-state index in [2.05, 4.69) is 5.32 Å². The molecule has 2 rings (SSSR count). The average Bonchev–Trinajstić information content (AvgIpc) is 2.58. The number of nitro benzene ring substituents is 1. The highest BCUT2D eigenvalue weighted by Crippen LogP contribution is 2.18. The Labute approximate surface area is 133 Å². The summed E-state index contributed by atoms with van der Waals surface area (Å²) in [6.07, 6.45) is 0. The van der Waals surface area contributed by atoms with Crippen molar-refractivity contribution in [2.45, 2.75) is 6.54 Å². The summed E-state index contributed by atoms with van der Waals surface area (Å²) in [6, 6.07) is 13.0. The van der Waals surface area contributed by atoms with Crippen LogP contribution in [0, 0.1) is 10.1 Å². The zero-order chi connectivity index (χ0) is 16.7. The van der Waals surface area contributed by atoms with Crippen molar-refractivity contribution in [1.29, 1.82) is 0 Å². The summed E-state index contributed by atoms with van der Waals surface area (Å²) in [5.74, 6) is 0.709. The van der Waals surface area contributed by atoms with Crippen LogP contribution in [-0.2, 0) is 11.3 Å². The number of amides is 1. The molecule has 0 saturated heterocycles. The van der Waals surface area contributed by atoms with Gasteiger partial charge in [-0.2, -0.15) is 0 Å². The second kappa shape index (κ2) is 7.79. The summed E-state index contributed by atoms with van der Waals surface area (Å²) >= 11 is 0. The third-order valence-corrected chi connectivity index (χ3v) is 3.05. The second-order valence-electron chi connectivity index (χ2n) is 4.67. The number of carbonyl (C=O) groups excluding carboxylic acids is 1. The molecule has 0 aliphatic rings. The van der Waals surface area contributed by atoms with E-state index in [0.29, 0.717) is 6.54 Å². The third kappa shape index (κ3) is 4.99. The molecule has 0 aromatic heterocycles. The molecule has 23 heavy (non-hydrogen) atoms. The Morgan fingerprint density at radius 2 is 1.91 bits per heavy atom. The summed E-state index contributed by atoms with van der Waals surface area (Å²) in [5.41, 5.74) is 0.843. The molecule has 0 spiro atoms. The van der Waals surface area contributed by atoms with Crippen molar-refractivity contribution in [3.8, 4) is 11.5 Å². The number of methoxy groups -OCH3 is 1. The van der Waals surface area contributed by atoms with Gasteiger partial charge >= 0.3 is 0 Å². The van der Waals surface area contributed by atoms with E-state index in [1.54, 1.807) is 25.3 Å². The van der Waals surface area contributed by atoms with Crippen molar-refractivity contribution in [3.63, 3.8) is 0 Å². The summed E-state index contributed by atoms with van der Waals surface area (Å²) in [7, 11) is 1.59. The van der Waals surface area contributed by atoms with Crippen molar-refractivity contribution in [3.05, 3.63) is 64.2 Å². The van der Waals surface area contributed by atoms with Gasteiger partial charge in [-0.15, -0.1) is 0 Å². The molecule has 0 atom stereocenters. The molecule has 7 nitrogen and oxygen atoms in total. The van der Waals surface area contributed by atoms with Gasteiger partial charge < -0.3 is 14.8 Å². The lowest BCUT2D eigenvalue weighted by atomic mass is 10.2. The van der Waals surface area contributed by atoms with Crippen molar-refractivity contribution >= 4 is 11.6 Å². The SMILES string of the molecule is COc1ccc(CNC(=O)COc2cccc([N+](=O)[O-])c2)cc1. The van der Waals surface area contributed by atoms with E-state index in [1.165, 1.54) is 18.2 Å². The first kappa shape index (κ1) is 16.3. The minimum Gasteiger partial charge on any atom is -0.497 e. The predicted molar refractivity (Wildman–Crippen MR) is 83.4 cm³/mol. The quantitative estimate of drug-likeness (QED) is 0.625. The van der Waals surface area contributed by atoms with Gasteiger partial charge in [-0.05, 0) is 23.8 Å². The first-order valence-electron chi connectivity index (χ1n) is 6.85. The lowest BCUT2D eigenvalue weighted by Gasteiger charge is -2.08. The number of non-ortho nitro benzene ring substituents is 1. The van der Waals surface area contributed by atoms with E-state index in [0.717, 1.165) is 11.3 Å². The standard InChI is InChI=1S/C16H16N2O5/c1-22-14-7-5-12(6-8-14)10-17-16(19)11-23-15-4-2-3-13(9-15)18(20)21/h2-9H,10-11H2,1H3,(H,17,19). The van der Waals surface area contributed by atoms with Crippen LogP contribution in [0.2, 0.25) is 0 Å². The van der Waals surface area contributed by atoms with E-state index in [-0.39, 0.29) is 24.0 Å². The van der Waals surface area contributed by atoms with Gasteiger partial charge in [0, 0.05) is 12.6 Å². The van der Waals surface area contributed by atoms with Crippen LogP contribution in [0.3, 0.4) is 0 Å². The van der Waals surface area contributed by atoms with Crippen molar-refractivity contribution < 1.29 is 19.2 Å². The maximum Gasteiger partial charge on any atom is 0.273 e. The largest absolute Gasteiger partial charge is 0.497 e. The molecular formula is C16H16N2O5. The molecule has 0 radical (unpaired) electrons. The third-order valence-electron chi connectivity index (χ3n) is 3.05. The number of carbonyl (C=O) groups is 1. The van der Waals surface area contributed by atoms with Crippen LogP contribution >= 0.6 is 0 Å². The van der Waals surface area contributed by atoms with Gasteiger partial charge in [0.1, 0.15) is 11.5 Å². The molecule has 120 valence electrons. The molecule has 7 heteroatoms. The van der Waals surface area contributed by atoms with Gasteiger partial charge in [0.25, 0.3) is 11.6 Å². The summed E-state index contributed by atoms with van der Waals surface area (Å²) < 4.78 is 10.3. The average molecular weight is 316 g/mol. The lowest BCUT2D eigenvalue weighted by Crippen LogP contribution is -2.28. The second-order valence-corrected chi connectivity index (χ2v) is 4.67. The number of benzene rings is 2. The monoisotopic (exact) mass is 316 g/mol. The highest BCUT2D eigenvalue weighted by molar-refractivity contribution is 5.77. The van der Waals surface area contributed by atoms with Crippen LogP contribution in [0.4, 0.5) is 5.69 Å². The van der Waals surface area contributed by atoms with Crippen LogP contribution in [0.1, 0.15) is 5.56 Å². The zero-order valence-corrected chi connectivity index (χ0v) is 12.5. The molecule has 0 fully saturated rings. The molecule has 0 bridgehead atoms. The summed E-state index contributed by atoms with van der Waals surface area (Å²) in [6.45, 7) is 0.151. The molecule has 0 aliphatic carbocycles. The minimum absolute atomic E-state index is 0.0823. The smallest absolute Gasteiger partial charge is 0.273 e. The Hall–Kier alpha value is -3.09. The molecular weight excluding hydrogens is 300 g/mol. The van der Waals surface area contributed by atoms with Crippen molar-refractivity contribution in [1.82, 2.24) is 5.32 Å². The molecule has 0 aliphatic heterocycles. The van der Waals surface area contributed by atoms with Gasteiger partial charge in [0.15, 0.2) is 6.61 Å². The van der Waals surface area contributed by atoms with Gasteiger partial charge in [0.2, 0.25) is 0 Å². The fraction of sp³-hybridized carbons (Fsp3) is 0.188. The zero-order valence-electron chi connectivity index (χ0n) is 12.5. The maximum absolute atomic E-state index is 11.7.